The standard InChI is InChI=1S/C32H32F3N3O6S/c1-15(2)42-25-12-19(30(39)40)13-26-28(25)37-31(45-26)36-22-10-18-9-17(22)11-24(18)41-14-21-27(38-44-29(21)16-7-8-16)20-5-3-4-6-23(20)43-32(33,34)35/h3-6,12-13,15-18,22,24H,7-11,14H2,1-2H3,(H,36,37)(H,39,40)/t17-,18-,22-,24-/m0/s1. The number of aromatic nitrogens is 2. The van der Waals surface area contributed by atoms with E-state index in [1.54, 1.807) is 18.2 Å². The first kappa shape index (κ1) is 29.8. The highest BCUT2D eigenvalue weighted by atomic mass is 32.1. The Hall–Kier alpha value is -3.84. The summed E-state index contributed by atoms with van der Waals surface area (Å²) in [7, 11) is 0. The molecule has 2 bridgehead atoms. The molecule has 3 fully saturated rings. The van der Waals surface area contributed by atoms with Crippen molar-refractivity contribution in [3.63, 3.8) is 0 Å². The highest BCUT2D eigenvalue weighted by Crippen LogP contribution is 2.50. The smallest absolute Gasteiger partial charge is 0.489 e. The number of carboxylic acid groups (broad SMARTS) is 1. The Morgan fingerprint density at radius 3 is 2.62 bits per heavy atom. The average Bonchev–Trinajstić information content (AvgIpc) is 3.27. The summed E-state index contributed by atoms with van der Waals surface area (Å²) in [5.41, 5.74) is 2.02. The molecule has 0 spiro atoms. The van der Waals surface area contributed by atoms with Crippen LogP contribution in [0.4, 0.5) is 18.3 Å². The molecule has 4 atom stereocenters. The SMILES string of the molecule is CC(C)Oc1cc(C(=O)O)cc2sc(N[C@H]3C[C@@H]4C[C@H]3C[C@@H]4OCc3c(-c4ccccc4OC(F)(F)F)noc3C3CC3)nc12. The number of hydrogen-bond acceptors (Lipinski definition) is 9. The molecule has 13 heteroatoms. The van der Waals surface area contributed by atoms with Crippen LogP contribution in [0.2, 0.25) is 0 Å². The van der Waals surface area contributed by atoms with E-state index in [0.717, 1.165) is 41.9 Å². The molecule has 45 heavy (non-hydrogen) atoms. The van der Waals surface area contributed by atoms with Gasteiger partial charge in [-0.1, -0.05) is 28.6 Å². The second-order valence-corrected chi connectivity index (χ2v) is 13.4. The van der Waals surface area contributed by atoms with Gasteiger partial charge >= 0.3 is 12.3 Å². The van der Waals surface area contributed by atoms with Gasteiger partial charge in [-0.3, -0.25) is 0 Å². The Morgan fingerprint density at radius 2 is 1.93 bits per heavy atom. The van der Waals surface area contributed by atoms with Gasteiger partial charge in [0.25, 0.3) is 0 Å². The Morgan fingerprint density at radius 1 is 1.13 bits per heavy atom. The summed E-state index contributed by atoms with van der Waals surface area (Å²) >= 11 is 1.41. The number of rotatable bonds is 11. The van der Waals surface area contributed by atoms with Gasteiger partial charge in [-0.15, -0.1) is 13.2 Å². The predicted octanol–water partition coefficient (Wildman–Crippen LogP) is 8.01. The summed E-state index contributed by atoms with van der Waals surface area (Å²) < 4.78 is 62.4. The van der Waals surface area contributed by atoms with Crippen molar-refractivity contribution >= 4 is 32.7 Å². The van der Waals surface area contributed by atoms with Crippen LogP contribution in [0.1, 0.15) is 73.6 Å². The fourth-order valence-corrected chi connectivity index (χ4v) is 7.68. The van der Waals surface area contributed by atoms with Crippen LogP contribution in [0, 0.1) is 11.8 Å². The number of carbonyl (C=O) groups is 1. The minimum Gasteiger partial charge on any atom is -0.489 e. The van der Waals surface area contributed by atoms with Gasteiger partial charge in [0.05, 0.1) is 29.1 Å². The maximum absolute atomic E-state index is 13.1. The number of alkyl halides is 3. The van der Waals surface area contributed by atoms with Crippen molar-refractivity contribution in [1.29, 1.82) is 0 Å². The van der Waals surface area contributed by atoms with E-state index in [1.165, 1.54) is 29.5 Å². The fraction of sp³-hybridized carbons (Fsp3) is 0.469. The number of benzene rings is 2. The highest BCUT2D eigenvalue weighted by Gasteiger charge is 2.47. The largest absolute Gasteiger partial charge is 0.573 e. The summed E-state index contributed by atoms with van der Waals surface area (Å²) in [6, 6.07) is 9.30. The fourth-order valence-electron chi connectivity index (χ4n) is 6.70. The Bertz CT molecular complexity index is 1730. The third kappa shape index (κ3) is 6.19. The van der Waals surface area contributed by atoms with Crippen LogP contribution in [0.15, 0.2) is 40.9 Å². The molecule has 9 nitrogen and oxygen atoms in total. The molecule has 2 aromatic carbocycles. The second kappa shape index (κ2) is 11.5. The lowest BCUT2D eigenvalue weighted by molar-refractivity contribution is -0.274. The molecule has 3 saturated carbocycles. The van der Waals surface area contributed by atoms with Crippen LogP contribution >= 0.6 is 11.3 Å². The average molecular weight is 644 g/mol. The van der Waals surface area contributed by atoms with Crippen LogP contribution in [0.3, 0.4) is 0 Å². The molecular formula is C32H32F3N3O6S. The highest BCUT2D eigenvalue weighted by molar-refractivity contribution is 7.22. The van der Waals surface area contributed by atoms with Crippen molar-refractivity contribution in [2.45, 2.75) is 83.1 Å². The Kier molecular flexibility index (Phi) is 7.63. The number of nitrogens with one attached hydrogen (secondary N) is 1. The number of halogens is 3. The summed E-state index contributed by atoms with van der Waals surface area (Å²) in [6.45, 7) is 3.96. The third-order valence-electron chi connectivity index (χ3n) is 8.75. The second-order valence-electron chi connectivity index (χ2n) is 12.3. The number of aromatic carboxylic acids is 1. The van der Waals surface area contributed by atoms with Gasteiger partial charge in [-0.25, -0.2) is 9.78 Å². The summed E-state index contributed by atoms with van der Waals surface area (Å²) in [6.07, 6.45) is -0.358. The summed E-state index contributed by atoms with van der Waals surface area (Å²) in [4.78, 5) is 16.4. The lowest BCUT2D eigenvalue weighted by atomic mass is 9.93. The number of anilines is 1. The number of thiazole rings is 1. The van der Waals surface area contributed by atoms with E-state index in [1.807, 2.05) is 13.8 Å². The van der Waals surface area contributed by atoms with Gasteiger partial charge in [0.1, 0.15) is 28.5 Å². The van der Waals surface area contributed by atoms with E-state index in [-0.39, 0.29) is 47.7 Å². The quantitative estimate of drug-likeness (QED) is 0.168. The van der Waals surface area contributed by atoms with E-state index in [9.17, 15) is 23.1 Å². The number of para-hydroxylation sites is 1. The van der Waals surface area contributed by atoms with Gasteiger partial charge in [0, 0.05) is 23.1 Å². The van der Waals surface area contributed by atoms with Crippen molar-refractivity contribution in [1.82, 2.24) is 10.1 Å². The Balaban J connectivity index is 1.04. The number of ether oxygens (including phenoxy) is 3. The molecule has 0 saturated heterocycles. The molecular weight excluding hydrogens is 611 g/mol. The third-order valence-corrected chi connectivity index (χ3v) is 9.68. The van der Waals surface area contributed by atoms with Gasteiger partial charge in [0.2, 0.25) is 0 Å². The topological polar surface area (TPSA) is 116 Å². The monoisotopic (exact) mass is 643 g/mol. The first-order valence-corrected chi connectivity index (χ1v) is 15.9. The molecule has 4 aromatic rings. The lowest BCUT2D eigenvalue weighted by Gasteiger charge is -2.28. The van der Waals surface area contributed by atoms with Crippen LogP contribution in [0.5, 0.6) is 11.5 Å². The van der Waals surface area contributed by atoms with Crippen molar-refractivity contribution in [3.8, 4) is 22.8 Å². The molecule has 0 aliphatic heterocycles. The van der Waals surface area contributed by atoms with E-state index in [4.69, 9.17) is 19.0 Å². The molecule has 2 aromatic heterocycles. The van der Waals surface area contributed by atoms with Crippen molar-refractivity contribution in [2.75, 3.05) is 5.32 Å². The van der Waals surface area contributed by atoms with Crippen molar-refractivity contribution in [3.05, 3.63) is 53.3 Å². The molecule has 0 radical (unpaired) electrons. The first-order valence-electron chi connectivity index (χ1n) is 15.1. The summed E-state index contributed by atoms with van der Waals surface area (Å²) in [5.74, 6) is 0.657. The van der Waals surface area contributed by atoms with E-state index < -0.39 is 12.3 Å². The molecule has 2 N–H and O–H groups in total. The van der Waals surface area contributed by atoms with Crippen LogP contribution in [-0.2, 0) is 11.3 Å². The maximum Gasteiger partial charge on any atom is 0.573 e. The van der Waals surface area contributed by atoms with Crippen LogP contribution < -0.4 is 14.8 Å². The van der Waals surface area contributed by atoms with Gasteiger partial charge in [0.15, 0.2) is 5.13 Å². The predicted molar refractivity (Wildman–Crippen MR) is 160 cm³/mol. The van der Waals surface area contributed by atoms with E-state index >= 15 is 0 Å². The number of nitrogens with zero attached hydrogens (tertiary/aromatic N) is 2. The zero-order chi connectivity index (χ0) is 31.5. The molecule has 238 valence electrons. The van der Waals surface area contributed by atoms with Crippen LogP contribution in [0.25, 0.3) is 21.5 Å². The van der Waals surface area contributed by atoms with E-state index in [0.29, 0.717) is 40.1 Å². The Labute approximate surface area is 260 Å². The van der Waals surface area contributed by atoms with Crippen molar-refractivity contribution in [2.24, 2.45) is 11.8 Å². The maximum atomic E-state index is 13.1. The normalized spacial score (nSPS) is 22.8. The summed E-state index contributed by atoms with van der Waals surface area (Å²) in [5, 5.41) is 18.1. The van der Waals surface area contributed by atoms with Gasteiger partial charge in [-0.05, 0) is 82.1 Å². The molecule has 3 aliphatic rings. The van der Waals surface area contributed by atoms with E-state index in [2.05, 4.69) is 15.2 Å². The molecule has 0 unspecified atom stereocenters. The number of fused-ring (bicyclic) bond motifs is 3. The lowest BCUT2D eigenvalue weighted by Crippen LogP contribution is -2.32. The minimum absolute atomic E-state index is 0.00376. The van der Waals surface area contributed by atoms with Gasteiger partial charge < -0.3 is 29.2 Å². The molecule has 0 amide bonds. The number of carboxylic acids is 1. The first-order chi connectivity index (χ1) is 21.5. The van der Waals surface area contributed by atoms with Crippen LogP contribution in [-0.4, -0.2) is 45.8 Å². The van der Waals surface area contributed by atoms with Gasteiger partial charge in [-0.2, -0.15) is 0 Å². The zero-order valence-corrected chi connectivity index (χ0v) is 25.4. The molecule has 3 aliphatic carbocycles. The zero-order valence-electron chi connectivity index (χ0n) is 24.6. The number of hydrogen-bond donors (Lipinski definition) is 2. The van der Waals surface area contributed by atoms with Crippen molar-refractivity contribution < 1.29 is 41.8 Å². The molecule has 2 heterocycles. The minimum atomic E-state index is -4.83. The molecule has 7 rings (SSSR count).